The van der Waals surface area contributed by atoms with Crippen molar-refractivity contribution in [3.8, 4) is 0 Å². The molecule has 1 aromatic heterocycles. The van der Waals surface area contributed by atoms with Crippen LogP contribution in [0.2, 0.25) is 0 Å². The minimum absolute atomic E-state index is 0.0318. The molecule has 1 heterocycles. The van der Waals surface area contributed by atoms with Gasteiger partial charge in [0.1, 0.15) is 5.82 Å². The van der Waals surface area contributed by atoms with Crippen LogP contribution in [0.1, 0.15) is 20.3 Å². The molecule has 0 radical (unpaired) electrons. The minimum Gasteiger partial charge on any atom is -0.363 e. The first-order valence-corrected chi connectivity index (χ1v) is 6.58. The summed E-state index contributed by atoms with van der Waals surface area (Å²) in [6, 6.07) is 3.72. The molecule has 5 heteroatoms. The Morgan fingerprint density at radius 3 is 2.53 bits per heavy atom. The van der Waals surface area contributed by atoms with Gasteiger partial charge in [-0.2, -0.15) is 0 Å². The molecule has 0 aromatic carbocycles. The standard InChI is InChI=1S/C14H24N4O/c1-10(2)7-11(8-15)14(19)17-12-5-6-13(16-9-12)18(3)4/h5-6,9-11H,7-8,15H2,1-4H3,(H,17,19). The number of carbonyl (C=O) groups is 1. The summed E-state index contributed by atoms with van der Waals surface area (Å²) in [6.07, 6.45) is 2.46. The van der Waals surface area contributed by atoms with Crippen LogP contribution >= 0.6 is 0 Å². The number of pyridine rings is 1. The summed E-state index contributed by atoms with van der Waals surface area (Å²) in [6.45, 7) is 4.54. The summed E-state index contributed by atoms with van der Waals surface area (Å²) >= 11 is 0. The second-order valence-electron chi connectivity index (χ2n) is 5.35. The van der Waals surface area contributed by atoms with E-state index >= 15 is 0 Å². The Kier molecular flexibility index (Phi) is 5.76. The van der Waals surface area contributed by atoms with Crippen molar-refractivity contribution in [2.24, 2.45) is 17.6 Å². The van der Waals surface area contributed by atoms with Crippen LogP contribution in [0.5, 0.6) is 0 Å². The summed E-state index contributed by atoms with van der Waals surface area (Å²) in [5.41, 5.74) is 6.36. The molecule has 1 rings (SSSR count). The van der Waals surface area contributed by atoms with E-state index in [1.54, 1.807) is 6.20 Å². The number of amides is 1. The van der Waals surface area contributed by atoms with E-state index in [-0.39, 0.29) is 11.8 Å². The quantitative estimate of drug-likeness (QED) is 0.820. The zero-order valence-corrected chi connectivity index (χ0v) is 12.2. The van der Waals surface area contributed by atoms with Gasteiger partial charge in [0, 0.05) is 20.6 Å². The van der Waals surface area contributed by atoms with Crippen LogP contribution in [-0.2, 0) is 4.79 Å². The van der Waals surface area contributed by atoms with E-state index in [4.69, 9.17) is 5.73 Å². The van der Waals surface area contributed by atoms with Crippen molar-refractivity contribution < 1.29 is 4.79 Å². The van der Waals surface area contributed by atoms with Crippen molar-refractivity contribution in [3.05, 3.63) is 18.3 Å². The van der Waals surface area contributed by atoms with Crippen LogP contribution in [0, 0.1) is 11.8 Å². The van der Waals surface area contributed by atoms with Crippen LogP contribution in [-0.4, -0.2) is 31.5 Å². The fourth-order valence-corrected chi connectivity index (χ4v) is 1.85. The van der Waals surface area contributed by atoms with E-state index in [1.165, 1.54) is 0 Å². The minimum atomic E-state index is -0.145. The van der Waals surface area contributed by atoms with Crippen molar-refractivity contribution in [3.63, 3.8) is 0 Å². The predicted molar refractivity (Wildman–Crippen MR) is 79.2 cm³/mol. The number of hydrogen-bond donors (Lipinski definition) is 2. The highest BCUT2D eigenvalue weighted by atomic mass is 16.1. The maximum atomic E-state index is 12.1. The van der Waals surface area contributed by atoms with E-state index in [9.17, 15) is 4.79 Å². The molecule has 0 fully saturated rings. The molecule has 0 aliphatic carbocycles. The zero-order valence-electron chi connectivity index (χ0n) is 12.2. The molecule has 0 saturated carbocycles. The van der Waals surface area contributed by atoms with Crippen LogP contribution in [0.4, 0.5) is 11.5 Å². The first kappa shape index (κ1) is 15.4. The SMILES string of the molecule is CC(C)CC(CN)C(=O)Nc1ccc(N(C)C)nc1. The molecule has 1 atom stereocenters. The smallest absolute Gasteiger partial charge is 0.228 e. The van der Waals surface area contributed by atoms with Crippen molar-refractivity contribution in [2.75, 3.05) is 30.9 Å². The lowest BCUT2D eigenvalue weighted by Crippen LogP contribution is -2.30. The third-order valence-electron chi connectivity index (χ3n) is 2.88. The van der Waals surface area contributed by atoms with Gasteiger partial charge in [-0.1, -0.05) is 13.8 Å². The lowest BCUT2D eigenvalue weighted by Gasteiger charge is -2.17. The fraction of sp³-hybridized carbons (Fsp3) is 0.571. The maximum absolute atomic E-state index is 12.1. The molecular weight excluding hydrogens is 240 g/mol. The lowest BCUT2D eigenvalue weighted by atomic mass is 9.96. The Balaban J connectivity index is 2.65. The van der Waals surface area contributed by atoms with Gasteiger partial charge in [0.05, 0.1) is 17.8 Å². The Morgan fingerprint density at radius 2 is 2.11 bits per heavy atom. The molecule has 1 aromatic rings. The highest BCUT2D eigenvalue weighted by Gasteiger charge is 2.18. The van der Waals surface area contributed by atoms with Gasteiger partial charge in [-0.15, -0.1) is 0 Å². The first-order valence-electron chi connectivity index (χ1n) is 6.58. The van der Waals surface area contributed by atoms with Gasteiger partial charge in [-0.25, -0.2) is 4.98 Å². The molecule has 0 bridgehead atoms. The number of aromatic nitrogens is 1. The van der Waals surface area contributed by atoms with E-state index in [2.05, 4.69) is 24.1 Å². The lowest BCUT2D eigenvalue weighted by molar-refractivity contribution is -0.120. The van der Waals surface area contributed by atoms with Gasteiger partial charge in [0.2, 0.25) is 5.91 Å². The van der Waals surface area contributed by atoms with Crippen LogP contribution in [0.3, 0.4) is 0 Å². The molecule has 0 spiro atoms. The highest BCUT2D eigenvalue weighted by molar-refractivity contribution is 5.92. The van der Waals surface area contributed by atoms with Crippen molar-refractivity contribution in [2.45, 2.75) is 20.3 Å². The number of carbonyl (C=O) groups excluding carboxylic acids is 1. The van der Waals surface area contributed by atoms with Gasteiger partial charge in [0.15, 0.2) is 0 Å². The van der Waals surface area contributed by atoms with Gasteiger partial charge in [0.25, 0.3) is 0 Å². The molecule has 0 saturated heterocycles. The molecule has 1 unspecified atom stereocenters. The highest BCUT2D eigenvalue weighted by Crippen LogP contribution is 2.15. The molecule has 1 amide bonds. The summed E-state index contributed by atoms with van der Waals surface area (Å²) in [7, 11) is 3.85. The van der Waals surface area contributed by atoms with E-state index in [1.807, 2.05) is 31.1 Å². The summed E-state index contributed by atoms with van der Waals surface area (Å²) in [5, 5.41) is 2.86. The van der Waals surface area contributed by atoms with Crippen LogP contribution in [0.25, 0.3) is 0 Å². The topological polar surface area (TPSA) is 71.2 Å². The molecule has 106 valence electrons. The summed E-state index contributed by atoms with van der Waals surface area (Å²) < 4.78 is 0. The fourth-order valence-electron chi connectivity index (χ4n) is 1.85. The number of nitrogens with one attached hydrogen (secondary N) is 1. The van der Waals surface area contributed by atoms with Gasteiger partial charge >= 0.3 is 0 Å². The van der Waals surface area contributed by atoms with E-state index in [0.717, 1.165) is 12.2 Å². The third kappa shape index (κ3) is 4.87. The second-order valence-corrected chi connectivity index (χ2v) is 5.35. The number of rotatable bonds is 6. The van der Waals surface area contributed by atoms with Crippen molar-refractivity contribution in [1.82, 2.24) is 4.98 Å². The Labute approximate surface area is 115 Å². The Bertz CT molecular complexity index is 400. The van der Waals surface area contributed by atoms with Gasteiger partial charge < -0.3 is 16.0 Å². The third-order valence-corrected chi connectivity index (χ3v) is 2.88. The summed E-state index contributed by atoms with van der Waals surface area (Å²) in [4.78, 5) is 18.2. The molecule has 5 nitrogen and oxygen atoms in total. The molecular formula is C14H24N4O. The number of nitrogens with two attached hydrogens (primary N) is 1. The van der Waals surface area contributed by atoms with Crippen LogP contribution in [0.15, 0.2) is 18.3 Å². The first-order chi connectivity index (χ1) is 8.93. The summed E-state index contributed by atoms with van der Waals surface area (Å²) in [5.74, 6) is 1.13. The zero-order chi connectivity index (χ0) is 14.4. The molecule has 19 heavy (non-hydrogen) atoms. The normalized spacial score (nSPS) is 12.3. The predicted octanol–water partition coefficient (Wildman–Crippen LogP) is 1.71. The molecule has 0 aliphatic heterocycles. The maximum Gasteiger partial charge on any atom is 0.228 e. The molecule has 0 aliphatic rings. The Morgan fingerprint density at radius 1 is 1.42 bits per heavy atom. The van der Waals surface area contributed by atoms with E-state index in [0.29, 0.717) is 18.2 Å². The van der Waals surface area contributed by atoms with Crippen LogP contribution < -0.4 is 16.0 Å². The van der Waals surface area contributed by atoms with Crippen molar-refractivity contribution in [1.29, 1.82) is 0 Å². The van der Waals surface area contributed by atoms with Crippen molar-refractivity contribution >= 4 is 17.4 Å². The average Bonchev–Trinajstić information content (AvgIpc) is 2.36. The largest absolute Gasteiger partial charge is 0.363 e. The molecule has 3 N–H and O–H groups in total. The Hall–Kier alpha value is -1.62. The van der Waals surface area contributed by atoms with Gasteiger partial charge in [-0.05, 0) is 24.5 Å². The second kappa shape index (κ2) is 7.09. The van der Waals surface area contributed by atoms with E-state index < -0.39 is 0 Å². The monoisotopic (exact) mass is 264 g/mol. The van der Waals surface area contributed by atoms with Gasteiger partial charge in [-0.3, -0.25) is 4.79 Å². The number of anilines is 2. The number of hydrogen-bond acceptors (Lipinski definition) is 4. The average molecular weight is 264 g/mol. The number of nitrogens with zero attached hydrogens (tertiary/aromatic N) is 2.